The first-order valence-corrected chi connectivity index (χ1v) is 20.1. The quantitative estimate of drug-likeness (QED) is 0.187. The van der Waals surface area contributed by atoms with Crippen molar-refractivity contribution in [2.45, 2.75) is 74.6 Å². The van der Waals surface area contributed by atoms with Crippen LogP contribution in [-0.4, -0.2) is 96.5 Å². The lowest BCUT2D eigenvalue weighted by atomic mass is 9.71. The fraction of sp³-hybridized carbons (Fsp3) is 0.452. The van der Waals surface area contributed by atoms with Crippen molar-refractivity contribution < 1.29 is 48.2 Å². The molecule has 4 bridgehead atoms. The van der Waals surface area contributed by atoms with Gasteiger partial charge in [0.05, 0.1) is 37.6 Å². The van der Waals surface area contributed by atoms with Gasteiger partial charge in [-0.15, -0.1) is 18.3 Å². The summed E-state index contributed by atoms with van der Waals surface area (Å²) in [5.74, 6) is 0.869. The number of nitriles is 1. The molecule has 3 aromatic carbocycles. The number of methoxy groups -OCH3 is 2. The summed E-state index contributed by atoms with van der Waals surface area (Å²) in [6, 6.07) is 5.08. The molecule has 1 spiro atoms. The van der Waals surface area contributed by atoms with Crippen LogP contribution in [0.1, 0.15) is 68.8 Å². The number of ether oxygens (including phenoxy) is 6. The van der Waals surface area contributed by atoms with Crippen LogP contribution in [0.2, 0.25) is 0 Å². The van der Waals surface area contributed by atoms with Gasteiger partial charge in [0.2, 0.25) is 6.79 Å². The number of hydrogen-bond donors (Lipinski definition) is 3. The first-order chi connectivity index (χ1) is 27.5. The number of thioether (sulfide) groups is 1. The number of nitrogens with one attached hydrogen (secondary N) is 1. The van der Waals surface area contributed by atoms with Crippen LogP contribution >= 0.6 is 11.8 Å². The number of piperazine rings is 1. The number of rotatable bonds is 5. The number of phenolic OH excluding ortho intramolecular Hbond substituents is 2. The van der Waals surface area contributed by atoms with Crippen LogP contribution in [0.4, 0.5) is 0 Å². The fourth-order valence-electron chi connectivity index (χ4n) is 10.4. The molecule has 0 radical (unpaired) electrons. The van der Waals surface area contributed by atoms with E-state index in [0.29, 0.717) is 76.7 Å². The third-order valence-electron chi connectivity index (χ3n) is 12.6. The minimum atomic E-state index is -1.38. The van der Waals surface area contributed by atoms with Crippen molar-refractivity contribution in [3.63, 3.8) is 0 Å². The van der Waals surface area contributed by atoms with Gasteiger partial charge in [-0.2, -0.15) is 5.26 Å². The second-order valence-corrected chi connectivity index (χ2v) is 16.5. The number of fused-ring (bicyclic) bond motifs is 9. The molecule has 14 nitrogen and oxygen atoms in total. The Morgan fingerprint density at radius 1 is 1.11 bits per heavy atom. The van der Waals surface area contributed by atoms with Gasteiger partial charge in [-0.1, -0.05) is 12.1 Å². The smallest absolute Gasteiger partial charge is 0.331 e. The van der Waals surface area contributed by atoms with Gasteiger partial charge in [0.25, 0.3) is 0 Å². The highest BCUT2D eigenvalue weighted by Gasteiger charge is 2.62. The Morgan fingerprint density at radius 2 is 1.89 bits per heavy atom. The van der Waals surface area contributed by atoms with Gasteiger partial charge in [-0.05, 0) is 61.1 Å². The van der Waals surface area contributed by atoms with Gasteiger partial charge in [-0.3, -0.25) is 19.9 Å². The summed E-state index contributed by atoms with van der Waals surface area (Å²) in [7, 11) is 3.00. The summed E-state index contributed by atoms with van der Waals surface area (Å²) in [6.07, 6.45) is 2.82. The van der Waals surface area contributed by atoms with E-state index in [-0.39, 0.29) is 42.4 Å². The lowest BCUT2D eigenvalue weighted by Gasteiger charge is -2.62. The van der Waals surface area contributed by atoms with Gasteiger partial charge < -0.3 is 38.6 Å². The van der Waals surface area contributed by atoms with Gasteiger partial charge in [0, 0.05) is 60.1 Å². The van der Waals surface area contributed by atoms with Gasteiger partial charge in [0.15, 0.2) is 40.0 Å². The molecule has 2 saturated heterocycles. The molecular formula is C42H44N4O10S. The molecule has 0 aromatic heterocycles. The zero-order chi connectivity index (χ0) is 40.1. The van der Waals surface area contributed by atoms with E-state index in [4.69, 9.17) is 28.4 Å². The van der Waals surface area contributed by atoms with Crippen LogP contribution in [0.5, 0.6) is 40.2 Å². The summed E-state index contributed by atoms with van der Waals surface area (Å²) >= 11 is 1.47. The molecule has 1 unspecified atom stereocenters. The molecule has 298 valence electrons. The molecule has 2 fully saturated rings. The molecular weight excluding hydrogens is 753 g/mol. The van der Waals surface area contributed by atoms with E-state index >= 15 is 0 Å². The number of esters is 2. The molecule has 10 rings (SSSR count). The van der Waals surface area contributed by atoms with Crippen LogP contribution in [0.15, 0.2) is 30.9 Å². The molecule has 7 aliphatic rings. The predicted molar refractivity (Wildman–Crippen MR) is 207 cm³/mol. The molecule has 0 saturated carbocycles. The molecule has 3 aromatic rings. The summed E-state index contributed by atoms with van der Waals surface area (Å²) in [5.41, 5.74) is 4.30. The molecule has 15 heteroatoms. The molecule has 7 heterocycles. The van der Waals surface area contributed by atoms with E-state index in [1.165, 1.54) is 32.9 Å². The van der Waals surface area contributed by atoms with E-state index in [1.54, 1.807) is 12.1 Å². The van der Waals surface area contributed by atoms with Crippen molar-refractivity contribution >= 4 is 23.7 Å². The lowest BCUT2D eigenvalue weighted by Crippen LogP contribution is -2.70. The van der Waals surface area contributed by atoms with E-state index in [0.717, 1.165) is 16.7 Å². The predicted octanol–water partition coefficient (Wildman–Crippen LogP) is 4.54. The number of carbonyl (C=O) groups is 2. The second kappa shape index (κ2) is 13.8. The Morgan fingerprint density at radius 3 is 2.61 bits per heavy atom. The highest BCUT2D eigenvalue weighted by atomic mass is 32.2. The van der Waals surface area contributed by atoms with Crippen molar-refractivity contribution in [3.05, 3.63) is 75.4 Å². The third-order valence-corrected chi connectivity index (χ3v) is 14.1. The van der Waals surface area contributed by atoms with E-state index < -0.39 is 46.9 Å². The zero-order valence-electron chi connectivity index (χ0n) is 32.3. The minimum Gasteiger partial charge on any atom is -0.504 e. The Labute approximate surface area is 334 Å². The first kappa shape index (κ1) is 37.4. The number of aromatic hydroxyl groups is 2. The van der Waals surface area contributed by atoms with Crippen molar-refractivity contribution in [1.29, 1.82) is 5.26 Å². The molecule has 7 aliphatic heterocycles. The van der Waals surface area contributed by atoms with E-state index in [2.05, 4.69) is 27.8 Å². The number of carbonyl (C=O) groups excluding carboxylic acids is 2. The largest absolute Gasteiger partial charge is 0.504 e. The molecule has 57 heavy (non-hydrogen) atoms. The number of hydrogen-bond acceptors (Lipinski definition) is 15. The van der Waals surface area contributed by atoms with Crippen LogP contribution in [0.25, 0.3) is 0 Å². The summed E-state index contributed by atoms with van der Waals surface area (Å²) in [6.45, 7) is 9.75. The SMILES string of the molecule is C=CCN1[C@@H]2c3c(cc(C)c(OC)c3O)C[C@H]1[C@H](C#N)N1C2[C@@H]2SC[C@]3(NCCc4cc(O)c(OC)cc43)C(=O)OC[C@H]1c1c3c(c(C)c(OC(C)=O)c12)OCO3. The number of nitrogens with zero attached hydrogens (tertiary/aromatic N) is 3. The Hall–Kier alpha value is -5.14. The minimum absolute atomic E-state index is 0.0262. The summed E-state index contributed by atoms with van der Waals surface area (Å²) < 4.78 is 36.2. The van der Waals surface area contributed by atoms with Gasteiger partial charge in [0.1, 0.15) is 18.4 Å². The van der Waals surface area contributed by atoms with Gasteiger partial charge >= 0.3 is 11.9 Å². The average molecular weight is 797 g/mol. The van der Waals surface area contributed by atoms with Crippen LogP contribution in [0.3, 0.4) is 0 Å². The number of aryl methyl sites for hydroxylation is 1. The van der Waals surface area contributed by atoms with E-state index in [1.807, 2.05) is 26.0 Å². The van der Waals surface area contributed by atoms with E-state index in [9.17, 15) is 25.1 Å². The van der Waals surface area contributed by atoms with Crippen molar-refractivity contribution in [2.75, 3.05) is 46.5 Å². The Bertz CT molecular complexity index is 2290. The number of benzene rings is 3. The molecule has 0 amide bonds. The van der Waals surface area contributed by atoms with Crippen LogP contribution in [-0.2, 0) is 32.7 Å². The molecule has 7 atom stereocenters. The highest BCUT2D eigenvalue weighted by Crippen LogP contribution is 2.65. The highest BCUT2D eigenvalue weighted by molar-refractivity contribution is 7.99. The average Bonchev–Trinajstić information content (AvgIpc) is 3.68. The topological polar surface area (TPSA) is 172 Å². The molecule has 3 N–H and O–H groups in total. The zero-order valence-corrected chi connectivity index (χ0v) is 33.2. The normalized spacial score (nSPS) is 28.2. The summed E-state index contributed by atoms with van der Waals surface area (Å²) in [4.78, 5) is 32.2. The lowest BCUT2D eigenvalue weighted by molar-refractivity contribution is -0.157. The third kappa shape index (κ3) is 5.26. The van der Waals surface area contributed by atoms with Gasteiger partial charge in [-0.25, -0.2) is 4.79 Å². The Balaban J connectivity index is 1.35. The van der Waals surface area contributed by atoms with Crippen molar-refractivity contribution in [1.82, 2.24) is 15.1 Å². The Kier molecular flexibility index (Phi) is 9.04. The van der Waals surface area contributed by atoms with Crippen LogP contribution < -0.4 is 29.0 Å². The molecule has 0 aliphatic carbocycles. The fourth-order valence-corrected chi connectivity index (χ4v) is 12.1. The first-order valence-electron chi connectivity index (χ1n) is 19.0. The van der Waals surface area contributed by atoms with Crippen LogP contribution in [0, 0.1) is 25.2 Å². The monoisotopic (exact) mass is 796 g/mol. The summed E-state index contributed by atoms with van der Waals surface area (Å²) in [5, 5.41) is 37.2. The number of phenols is 2. The maximum atomic E-state index is 14.8. The standard InChI is InChI=1S/C42H44N4O10S/c1-7-10-45-25-12-23-11-19(2)36(52-6)35(49)30(23)33(45)34-40-32-31(39-38(54-18-55-39)20(3)37(32)56-21(4)47)27(46(34)26(25)15-43)16-53-41(50)42(17-57-40)24-14-29(51-5)28(48)13-22(24)8-9-44-42/h7,11,13-14,25-27,33-34,40,44,48-49H,1,8-10,12,16-18H2,2-6H3/t25-,26-,27-,33+,34?,40+,42+/m0/s1. The maximum Gasteiger partial charge on any atom is 0.331 e. The second-order valence-electron chi connectivity index (χ2n) is 15.4. The van der Waals surface area contributed by atoms with Crippen molar-refractivity contribution in [3.8, 4) is 46.3 Å². The van der Waals surface area contributed by atoms with Crippen molar-refractivity contribution in [2.24, 2.45) is 0 Å². The maximum absolute atomic E-state index is 14.8.